The van der Waals surface area contributed by atoms with Gasteiger partial charge in [-0.05, 0) is 17.7 Å². The average molecular weight is 313 g/mol. The van der Waals surface area contributed by atoms with Crippen molar-refractivity contribution < 1.29 is 0 Å². The van der Waals surface area contributed by atoms with Gasteiger partial charge in [0, 0.05) is 17.3 Å². The maximum atomic E-state index is 9.26. The molecule has 1 aromatic carbocycles. The Balaban J connectivity index is 2.09. The van der Waals surface area contributed by atoms with Gasteiger partial charge in [-0.3, -0.25) is 0 Å². The van der Waals surface area contributed by atoms with Crippen LogP contribution in [-0.4, -0.2) is 15.0 Å². The molecule has 0 saturated heterocycles. The summed E-state index contributed by atoms with van der Waals surface area (Å²) in [6, 6.07) is 14.9. The summed E-state index contributed by atoms with van der Waals surface area (Å²) in [6.07, 6.45) is 1.57. The highest BCUT2D eigenvalue weighted by Crippen LogP contribution is 2.28. The molecule has 0 radical (unpaired) electrons. The third-order valence-corrected chi connectivity index (χ3v) is 3.45. The van der Waals surface area contributed by atoms with Gasteiger partial charge < -0.3 is 11.5 Å². The first kappa shape index (κ1) is 14.9. The van der Waals surface area contributed by atoms with Crippen molar-refractivity contribution in [3.63, 3.8) is 0 Å². The lowest BCUT2D eigenvalue weighted by molar-refractivity contribution is 1.18. The molecule has 114 valence electrons. The highest BCUT2D eigenvalue weighted by atomic mass is 15.0. The SMILES string of the molecule is N#Cc1ncccc1-c1ccc(-c2nc(N)nc(N)c2C#N)cc1. The van der Waals surface area contributed by atoms with Crippen LogP contribution in [0.4, 0.5) is 11.8 Å². The second-order valence-electron chi connectivity index (χ2n) is 4.89. The van der Waals surface area contributed by atoms with Gasteiger partial charge >= 0.3 is 0 Å². The van der Waals surface area contributed by atoms with Crippen molar-refractivity contribution in [1.82, 2.24) is 15.0 Å². The number of nitrogens with zero attached hydrogens (tertiary/aromatic N) is 5. The molecule has 0 aliphatic heterocycles. The largest absolute Gasteiger partial charge is 0.382 e. The molecule has 24 heavy (non-hydrogen) atoms. The lowest BCUT2D eigenvalue weighted by Crippen LogP contribution is -2.04. The van der Waals surface area contributed by atoms with Gasteiger partial charge in [-0.1, -0.05) is 24.3 Å². The summed E-state index contributed by atoms with van der Waals surface area (Å²) in [6.45, 7) is 0. The maximum Gasteiger partial charge on any atom is 0.222 e. The highest BCUT2D eigenvalue weighted by Gasteiger charge is 2.13. The number of pyridine rings is 1. The van der Waals surface area contributed by atoms with E-state index in [1.807, 2.05) is 24.3 Å². The zero-order chi connectivity index (χ0) is 17.1. The van der Waals surface area contributed by atoms with Crippen molar-refractivity contribution in [3.05, 3.63) is 53.9 Å². The number of anilines is 2. The minimum Gasteiger partial charge on any atom is -0.382 e. The number of rotatable bonds is 2. The summed E-state index contributed by atoms with van der Waals surface area (Å²) < 4.78 is 0. The molecular formula is C17H11N7. The Kier molecular flexibility index (Phi) is 3.76. The standard InChI is InChI=1S/C17H11N7/c18-8-13-15(23-17(21)24-16(13)20)11-5-3-10(4-6-11)12-2-1-7-22-14(12)9-19/h1-7H,(H4,20,21,23,24). The quantitative estimate of drug-likeness (QED) is 0.738. The molecule has 0 unspecified atom stereocenters. The number of aromatic nitrogens is 3. The Labute approximate surface area is 137 Å². The van der Waals surface area contributed by atoms with Crippen molar-refractivity contribution in [3.8, 4) is 34.5 Å². The Morgan fingerprint density at radius 3 is 2.25 bits per heavy atom. The van der Waals surface area contributed by atoms with Crippen LogP contribution in [0.1, 0.15) is 11.3 Å². The first-order chi connectivity index (χ1) is 11.6. The minimum absolute atomic E-state index is 0.00426. The zero-order valence-electron chi connectivity index (χ0n) is 12.4. The average Bonchev–Trinajstić information content (AvgIpc) is 2.61. The van der Waals surface area contributed by atoms with Gasteiger partial charge in [0.2, 0.25) is 5.95 Å². The topological polar surface area (TPSA) is 138 Å². The molecule has 0 aliphatic carbocycles. The van der Waals surface area contributed by atoms with Gasteiger partial charge in [-0.25, -0.2) is 9.97 Å². The van der Waals surface area contributed by atoms with E-state index in [1.165, 1.54) is 0 Å². The smallest absolute Gasteiger partial charge is 0.222 e. The normalized spacial score (nSPS) is 9.92. The number of nitrogen functional groups attached to an aromatic ring is 2. The number of hydrogen-bond donors (Lipinski definition) is 2. The van der Waals surface area contributed by atoms with E-state index in [9.17, 15) is 5.26 Å². The molecule has 2 heterocycles. The van der Waals surface area contributed by atoms with Crippen LogP contribution in [0.15, 0.2) is 42.6 Å². The third-order valence-electron chi connectivity index (χ3n) is 3.45. The fourth-order valence-electron chi connectivity index (χ4n) is 2.35. The molecule has 0 atom stereocenters. The van der Waals surface area contributed by atoms with Gasteiger partial charge in [0.1, 0.15) is 29.2 Å². The summed E-state index contributed by atoms with van der Waals surface area (Å²) in [5.74, 6) is 0.0488. The summed E-state index contributed by atoms with van der Waals surface area (Å²) in [4.78, 5) is 12.0. The molecule has 2 aromatic heterocycles. The van der Waals surface area contributed by atoms with Gasteiger partial charge in [-0.2, -0.15) is 15.5 Å². The first-order valence-corrected chi connectivity index (χ1v) is 6.93. The molecule has 0 spiro atoms. The molecule has 3 aromatic rings. The molecule has 7 heteroatoms. The second kappa shape index (κ2) is 6.03. The van der Waals surface area contributed by atoms with E-state index in [-0.39, 0.29) is 17.3 Å². The number of benzene rings is 1. The Morgan fingerprint density at radius 2 is 1.58 bits per heavy atom. The van der Waals surface area contributed by atoms with E-state index < -0.39 is 0 Å². The monoisotopic (exact) mass is 313 g/mol. The van der Waals surface area contributed by atoms with Gasteiger partial charge in [-0.15, -0.1) is 0 Å². The van der Waals surface area contributed by atoms with E-state index in [0.29, 0.717) is 17.0 Å². The third kappa shape index (κ3) is 2.58. The fourth-order valence-corrected chi connectivity index (χ4v) is 2.35. The molecule has 0 bridgehead atoms. The number of hydrogen-bond acceptors (Lipinski definition) is 7. The lowest BCUT2D eigenvalue weighted by atomic mass is 10.0. The highest BCUT2D eigenvalue weighted by molar-refractivity contribution is 5.76. The maximum absolute atomic E-state index is 9.26. The molecule has 3 rings (SSSR count). The number of nitrogens with two attached hydrogens (primary N) is 2. The summed E-state index contributed by atoms with van der Waals surface area (Å²) in [5.41, 5.74) is 14.5. The van der Waals surface area contributed by atoms with Gasteiger partial charge in [0.05, 0.1) is 5.69 Å². The fraction of sp³-hybridized carbons (Fsp3) is 0. The summed E-state index contributed by atoms with van der Waals surface area (Å²) in [7, 11) is 0. The van der Waals surface area contributed by atoms with Crippen molar-refractivity contribution in [2.45, 2.75) is 0 Å². The van der Waals surface area contributed by atoms with E-state index in [2.05, 4.69) is 21.0 Å². The van der Waals surface area contributed by atoms with E-state index >= 15 is 0 Å². The molecule has 4 N–H and O–H groups in total. The predicted molar refractivity (Wildman–Crippen MR) is 89.0 cm³/mol. The van der Waals surface area contributed by atoms with Crippen molar-refractivity contribution in [2.75, 3.05) is 11.5 Å². The van der Waals surface area contributed by atoms with Crippen molar-refractivity contribution in [1.29, 1.82) is 10.5 Å². The van der Waals surface area contributed by atoms with E-state index in [4.69, 9.17) is 16.7 Å². The van der Waals surface area contributed by atoms with Crippen LogP contribution >= 0.6 is 0 Å². The summed E-state index contributed by atoms with van der Waals surface area (Å²) >= 11 is 0. The van der Waals surface area contributed by atoms with Crippen LogP contribution < -0.4 is 11.5 Å². The summed E-state index contributed by atoms with van der Waals surface area (Å²) in [5, 5.41) is 18.4. The van der Waals surface area contributed by atoms with Crippen LogP contribution in [0.5, 0.6) is 0 Å². The van der Waals surface area contributed by atoms with Crippen LogP contribution in [-0.2, 0) is 0 Å². The van der Waals surface area contributed by atoms with Crippen LogP contribution in [0.2, 0.25) is 0 Å². The van der Waals surface area contributed by atoms with Crippen molar-refractivity contribution >= 4 is 11.8 Å². The van der Waals surface area contributed by atoms with Crippen LogP contribution in [0, 0.1) is 22.7 Å². The lowest BCUT2D eigenvalue weighted by Gasteiger charge is -2.08. The Hall–Kier alpha value is -3.97. The molecule has 0 aliphatic rings. The molecule has 7 nitrogen and oxygen atoms in total. The second-order valence-corrected chi connectivity index (χ2v) is 4.89. The van der Waals surface area contributed by atoms with Gasteiger partial charge in [0.25, 0.3) is 0 Å². The molecule has 0 amide bonds. The molecular weight excluding hydrogens is 302 g/mol. The first-order valence-electron chi connectivity index (χ1n) is 6.93. The Bertz CT molecular complexity index is 995. The van der Waals surface area contributed by atoms with Crippen LogP contribution in [0.25, 0.3) is 22.4 Å². The molecule has 0 fully saturated rings. The zero-order valence-corrected chi connectivity index (χ0v) is 12.4. The van der Waals surface area contributed by atoms with Crippen LogP contribution in [0.3, 0.4) is 0 Å². The minimum atomic E-state index is 0.00426. The van der Waals surface area contributed by atoms with Crippen molar-refractivity contribution in [2.24, 2.45) is 0 Å². The number of nitriles is 2. The van der Waals surface area contributed by atoms with Gasteiger partial charge in [0.15, 0.2) is 0 Å². The Morgan fingerprint density at radius 1 is 0.875 bits per heavy atom. The van der Waals surface area contributed by atoms with E-state index in [1.54, 1.807) is 24.4 Å². The molecule has 0 saturated carbocycles. The van der Waals surface area contributed by atoms with E-state index in [0.717, 1.165) is 11.1 Å². The predicted octanol–water partition coefficient (Wildman–Crippen LogP) is 2.11.